The van der Waals surface area contributed by atoms with Crippen molar-refractivity contribution in [1.82, 2.24) is 42.2 Å². The second-order valence-electron chi connectivity index (χ2n) is 15.0. The molecule has 16 N–H and O–H groups in total. The number of amides is 7. The van der Waals surface area contributed by atoms with Crippen molar-refractivity contribution in [3.63, 3.8) is 0 Å². The monoisotopic (exact) mass is 928 g/mol. The molecular formula is C41H56N10O13S. The number of carbonyl (C=O) groups is 9. The van der Waals surface area contributed by atoms with Crippen LogP contribution in [0.5, 0.6) is 5.75 Å². The van der Waals surface area contributed by atoms with Gasteiger partial charge in [0.2, 0.25) is 41.4 Å². The van der Waals surface area contributed by atoms with E-state index in [0.717, 1.165) is 0 Å². The highest BCUT2D eigenvalue weighted by Gasteiger charge is 2.33. The lowest BCUT2D eigenvalue weighted by Gasteiger charge is -2.26. The number of nitrogens with one attached hydrogen (secondary N) is 8. The molecule has 7 amide bonds. The zero-order chi connectivity index (χ0) is 48.2. The Morgan fingerprint density at radius 2 is 1.28 bits per heavy atom. The van der Waals surface area contributed by atoms with E-state index in [1.807, 2.05) is 0 Å². The molecule has 354 valence electrons. The fraction of sp³-hybridized carbons (Fsp3) is 0.439. The average Bonchev–Trinajstić information content (AvgIpc) is 3.68. The van der Waals surface area contributed by atoms with Crippen LogP contribution in [0.15, 0.2) is 54.7 Å². The molecule has 24 heteroatoms. The summed E-state index contributed by atoms with van der Waals surface area (Å²) in [6.45, 7) is -0.117. The first-order valence-electron chi connectivity index (χ1n) is 20.4. The molecule has 0 radical (unpaired) electrons. The lowest BCUT2D eigenvalue weighted by Crippen LogP contribution is -2.60. The number of rotatable bonds is 27. The van der Waals surface area contributed by atoms with Gasteiger partial charge in [0.1, 0.15) is 42.0 Å². The molecule has 0 saturated heterocycles. The minimum Gasteiger partial charge on any atom is -0.508 e. The number of H-pyrrole nitrogens is 1. The van der Waals surface area contributed by atoms with E-state index in [2.05, 4.69) is 54.8 Å². The standard InChI is InChI=1S/C41H56N10O13S/c1-21(43)35(57)51-31(19-52)39(61)48-28(15-23-17-44-26-7-3-2-6-25(23)26)38(60)47-27(8-4-5-13-42)37(59)49-29(16-34(55)56)36(58)45-18-33(54)46-32(20-65)40(62)50-30(41(63)64)14-22-9-11-24(53)12-10-22/h2-3,6-7,9-12,17,21,27-32,44,52-53,65H,4-5,8,13-16,18-20,42-43H2,1H3,(H,45,58)(H,46,54)(H,47,60)(H,48,61)(H,49,59)(H,50,62)(H,51,57)(H,55,56)(H,63,64)/t21-,27-,28-,29-,30-,31-,32-/m0/s1. The van der Waals surface area contributed by atoms with Gasteiger partial charge in [-0.1, -0.05) is 30.3 Å². The number of hydrogen-bond acceptors (Lipinski definition) is 14. The maximum atomic E-state index is 14.1. The highest BCUT2D eigenvalue weighted by molar-refractivity contribution is 7.80. The number of hydrogen-bond donors (Lipinski definition) is 15. The van der Waals surface area contributed by atoms with Crippen LogP contribution in [0, 0.1) is 0 Å². The van der Waals surface area contributed by atoms with Gasteiger partial charge < -0.3 is 74.1 Å². The molecule has 3 rings (SSSR count). The van der Waals surface area contributed by atoms with Gasteiger partial charge in [-0.3, -0.25) is 38.4 Å². The molecule has 0 unspecified atom stereocenters. The van der Waals surface area contributed by atoms with E-state index in [1.54, 1.807) is 30.5 Å². The number of phenolic OH excluding ortho intramolecular Hbond substituents is 1. The molecule has 65 heavy (non-hydrogen) atoms. The fourth-order valence-corrected chi connectivity index (χ4v) is 6.52. The van der Waals surface area contributed by atoms with Gasteiger partial charge in [-0.15, -0.1) is 0 Å². The van der Waals surface area contributed by atoms with Crippen LogP contribution in [-0.4, -0.2) is 146 Å². The van der Waals surface area contributed by atoms with Crippen LogP contribution in [0.25, 0.3) is 10.9 Å². The van der Waals surface area contributed by atoms with Crippen molar-refractivity contribution in [2.45, 2.75) is 87.7 Å². The molecule has 0 aliphatic carbocycles. The Labute approximate surface area is 378 Å². The van der Waals surface area contributed by atoms with Crippen molar-refractivity contribution in [3.8, 4) is 5.75 Å². The number of aromatic amines is 1. The number of unbranched alkanes of at least 4 members (excludes halogenated alkanes) is 1. The summed E-state index contributed by atoms with van der Waals surface area (Å²) in [7, 11) is 0. The predicted octanol–water partition coefficient (Wildman–Crippen LogP) is -3.36. The Morgan fingerprint density at radius 1 is 0.692 bits per heavy atom. The number of aromatic hydroxyl groups is 1. The highest BCUT2D eigenvalue weighted by Crippen LogP contribution is 2.20. The van der Waals surface area contributed by atoms with E-state index in [4.69, 9.17) is 11.5 Å². The van der Waals surface area contributed by atoms with E-state index in [9.17, 15) is 63.6 Å². The summed E-state index contributed by atoms with van der Waals surface area (Å²) in [6, 6.07) is 2.66. The van der Waals surface area contributed by atoms with Crippen LogP contribution in [0.4, 0.5) is 0 Å². The number of fused-ring (bicyclic) bond motifs is 1. The Morgan fingerprint density at radius 3 is 1.89 bits per heavy atom. The molecule has 0 fully saturated rings. The SMILES string of the molecule is C[C@H](N)C(=O)N[C@@H](CO)C(=O)N[C@@H](Cc1c[nH]c2ccccc12)C(=O)N[C@@H](CCCCN)C(=O)N[C@@H](CC(=O)O)C(=O)NCC(=O)N[C@@H](CS)C(=O)N[C@@H](Cc1ccc(O)cc1)C(=O)O. The largest absolute Gasteiger partial charge is 0.508 e. The number of nitrogens with two attached hydrogens (primary N) is 2. The highest BCUT2D eigenvalue weighted by atomic mass is 32.1. The third-order valence-electron chi connectivity index (χ3n) is 9.80. The number of aliphatic hydroxyl groups excluding tert-OH is 1. The molecule has 23 nitrogen and oxygen atoms in total. The summed E-state index contributed by atoms with van der Waals surface area (Å²) < 4.78 is 0. The van der Waals surface area contributed by atoms with Crippen molar-refractivity contribution in [2.75, 3.05) is 25.4 Å². The molecule has 7 atom stereocenters. The van der Waals surface area contributed by atoms with E-state index in [0.29, 0.717) is 28.5 Å². The summed E-state index contributed by atoms with van der Waals surface area (Å²) in [5, 5.41) is 55.9. The molecule has 2 aromatic carbocycles. The van der Waals surface area contributed by atoms with Crippen LogP contribution in [-0.2, 0) is 56.0 Å². The molecule has 0 bridgehead atoms. The molecule has 3 aromatic rings. The first-order chi connectivity index (χ1) is 30.9. The molecule has 0 aliphatic rings. The number of thiol groups is 1. The van der Waals surface area contributed by atoms with Gasteiger partial charge in [-0.25, -0.2) is 4.79 Å². The topological polar surface area (TPSA) is 387 Å². The number of para-hydroxylation sites is 1. The van der Waals surface area contributed by atoms with Gasteiger partial charge in [-0.2, -0.15) is 12.6 Å². The lowest BCUT2D eigenvalue weighted by atomic mass is 10.0. The first-order valence-corrected chi connectivity index (χ1v) is 21.0. The molecule has 0 spiro atoms. The summed E-state index contributed by atoms with van der Waals surface area (Å²) in [6.07, 6.45) is 0.911. The quantitative estimate of drug-likeness (QED) is 0.0262. The molecule has 1 heterocycles. The number of carboxylic acid groups (broad SMARTS) is 2. The van der Waals surface area contributed by atoms with E-state index in [1.165, 1.54) is 31.2 Å². The smallest absolute Gasteiger partial charge is 0.326 e. The summed E-state index contributed by atoms with van der Waals surface area (Å²) in [5.41, 5.74) is 13.0. The maximum Gasteiger partial charge on any atom is 0.326 e. The molecular weight excluding hydrogens is 873 g/mol. The van der Waals surface area contributed by atoms with Gasteiger partial charge >= 0.3 is 11.9 Å². The van der Waals surface area contributed by atoms with E-state index >= 15 is 0 Å². The van der Waals surface area contributed by atoms with Crippen LogP contribution < -0.4 is 48.7 Å². The minimum absolute atomic E-state index is 0.0498. The average molecular weight is 929 g/mol. The number of aromatic nitrogens is 1. The number of benzene rings is 2. The number of carbonyl (C=O) groups excluding carboxylic acids is 7. The second kappa shape index (κ2) is 26.1. The lowest BCUT2D eigenvalue weighted by molar-refractivity contribution is -0.142. The van der Waals surface area contributed by atoms with E-state index in [-0.39, 0.29) is 43.7 Å². The molecule has 1 aromatic heterocycles. The van der Waals surface area contributed by atoms with Crippen LogP contribution in [0.2, 0.25) is 0 Å². The number of aliphatic hydroxyl groups is 1. The van der Waals surface area contributed by atoms with Crippen LogP contribution >= 0.6 is 12.6 Å². The molecule has 0 aliphatic heterocycles. The third kappa shape index (κ3) is 17.0. The number of aliphatic carboxylic acids is 2. The van der Waals surface area contributed by atoms with Crippen LogP contribution in [0.3, 0.4) is 0 Å². The maximum absolute atomic E-state index is 14.1. The predicted molar refractivity (Wildman–Crippen MR) is 236 cm³/mol. The Bertz CT molecular complexity index is 2150. The summed E-state index contributed by atoms with van der Waals surface area (Å²) >= 11 is 4.06. The fourth-order valence-electron chi connectivity index (χ4n) is 6.26. The van der Waals surface area contributed by atoms with Gasteiger partial charge in [-0.05, 0) is 62.1 Å². The Kier molecular flexibility index (Phi) is 21.1. The number of phenols is 1. The molecule has 0 saturated carbocycles. The van der Waals surface area contributed by atoms with Crippen molar-refractivity contribution >= 4 is 76.8 Å². The second-order valence-corrected chi connectivity index (χ2v) is 15.3. The van der Waals surface area contributed by atoms with Crippen molar-refractivity contribution in [2.24, 2.45) is 11.5 Å². The van der Waals surface area contributed by atoms with Crippen molar-refractivity contribution in [3.05, 3.63) is 65.9 Å². The van der Waals surface area contributed by atoms with Crippen LogP contribution in [0.1, 0.15) is 43.7 Å². The summed E-state index contributed by atoms with van der Waals surface area (Å²) in [4.78, 5) is 119. The third-order valence-corrected chi connectivity index (χ3v) is 10.2. The van der Waals surface area contributed by atoms with Gasteiger partial charge in [0.25, 0.3) is 0 Å². The van der Waals surface area contributed by atoms with Crippen molar-refractivity contribution < 1.29 is 63.6 Å². The zero-order valence-electron chi connectivity index (χ0n) is 35.4. The zero-order valence-corrected chi connectivity index (χ0v) is 36.3. The first kappa shape index (κ1) is 52.6. The minimum atomic E-state index is -1.80. The Hall–Kier alpha value is -6.76. The van der Waals surface area contributed by atoms with Gasteiger partial charge in [0.05, 0.1) is 25.6 Å². The normalized spacial score (nSPS) is 14.2. The van der Waals surface area contributed by atoms with Gasteiger partial charge in [0.15, 0.2) is 0 Å². The van der Waals surface area contributed by atoms with Gasteiger partial charge in [0, 0.05) is 35.7 Å². The number of carboxylic acids is 2. The Balaban J connectivity index is 1.75. The summed E-state index contributed by atoms with van der Waals surface area (Å²) in [5.74, 6) is -9.91. The van der Waals surface area contributed by atoms with E-state index < -0.39 is 115 Å². The van der Waals surface area contributed by atoms with Crippen molar-refractivity contribution in [1.29, 1.82) is 0 Å².